The molecule has 108 valence electrons. The summed E-state index contributed by atoms with van der Waals surface area (Å²) in [5, 5.41) is 9.81. The van der Waals surface area contributed by atoms with Gasteiger partial charge in [0.15, 0.2) is 0 Å². The Morgan fingerprint density at radius 2 is 2.20 bits per heavy atom. The highest BCUT2D eigenvalue weighted by Crippen LogP contribution is 2.43. The molecule has 1 saturated heterocycles. The van der Waals surface area contributed by atoms with Crippen LogP contribution in [-0.2, 0) is 14.9 Å². The van der Waals surface area contributed by atoms with Gasteiger partial charge >= 0.3 is 5.97 Å². The van der Waals surface area contributed by atoms with Crippen molar-refractivity contribution in [2.45, 2.75) is 43.6 Å². The number of carbonyl (C=O) groups is 1. The van der Waals surface area contributed by atoms with Crippen LogP contribution in [-0.4, -0.2) is 30.4 Å². The van der Waals surface area contributed by atoms with Gasteiger partial charge in [-0.2, -0.15) is 0 Å². The molecular formula is C16H20O4. The summed E-state index contributed by atoms with van der Waals surface area (Å²) in [6, 6.07) is 7.52. The van der Waals surface area contributed by atoms with Crippen LogP contribution in [0.5, 0.6) is 5.75 Å². The van der Waals surface area contributed by atoms with Crippen LogP contribution in [0.1, 0.15) is 37.7 Å². The lowest BCUT2D eigenvalue weighted by atomic mass is 9.72. The molecule has 1 fully saturated rings. The maximum absolute atomic E-state index is 11.9. The highest BCUT2D eigenvalue weighted by atomic mass is 16.5. The maximum Gasteiger partial charge on any atom is 0.314 e. The number of hydrogen-bond acceptors (Lipinski definition) is 3. The van der Waals surface area contributed by atoms with E-state index in [1.54, 1.807) is 0 Å². The van der Waals surface area contributed by atoms with Crippen LogP contribution < -0.4 is 4.74 Å². The van der Waals surface area contributed by atoms with E-state index in [-0.39, 0.29) is 6.10 Å². The fourth-order valence-corrected chi connectivity index (χ4v) is 3.33. The normalized spacial score (nSPS) is 28.7. The van der Waals surface area contributed by atoms with Gasteiger partial charge in [0.25, 0.3) is 0 Å². The number of carboxylic acid groups (broad SMARTS) is 1. The van der Waals surface area contributed by atoms with E-state index >= 15 is 0 Å². The Morgan fingerprint density at radius 3 is 2.95 bits per heavy atom. The molecule has 2 heterocycles. The van der Waals surface area contributed by atoms with E-state index < -0.39 is 11.4 Å². The van der Waals surface area contributed by atoms with Crippen LogP contribution in [0, 0.1) is 0 Å². The van der Waals surface area contributed by atoms with Crippen molar-refractivity contribution < 1.29 is 19.4 Å². The fourth-order valence-electron chi connectivity index (χ4n) is 3.33. The third-order valence-corrected chi connectivity index (χ3v) is 4.52. The first kappa shape index (κ1) is 13.4. The Balaban J connectivity index is 1.86. The lowest BCUT2D eigenvalue weighted by Gasteiger charge is -2.35. The smallest absolute Gasteiger partial charge is 0.314 e. The van der Waals surface area contributed by atoms with Gasteiger partial charge in [0, 0.05) is 18.6 Å². The van der Waals surface area contributed by atoms with Gasteiger partial charge in [-0.25, -0.2) is 0 Å². The minimum atomic E-state index is -0.819. The van der Waals surface area contributed by atoms with Crippen molar-refractivity contribution in [3.63, 3.8) is 0 Å². The van der Waals surface area contributed by atoms with Gasteiger partial charge in [-0.15, -0.1) is 0 Å². The average Bonchev–Trinajstić information content (AvgIpc) is 2.98. The molecule has 2 aliphatic heterocycles. The lowest BCUT2D eigenvalue weighted by molar-refractivity contribution is -0.145. The van der Waals surface area contributed by atoms with Gasteiger partial charge in [-0.1, -0.05) is 18.2 Å². The molecule has 0 bridgehead atoms. The molecule has 3 rings (SSSR count). The van der Waals surface area contributed by atoms with Crippen LogP contribution in [0.3, 0.4) is 0 Å². The molecule has 2 unspecified atom stereocenters. The van der Waals surface area contributed by atoms with Gasteiger partial charge in [-0.3, -0.25) is 4.79 Å². The van der Waals surface area contributed by atoms with E-state index in [2.05, 4.69) is 0 Å². The van der Waals surface area contributed by atoms with E-state index in [9.17, 15) is 9.90 Å². The van der Waals surface area contributed by atoms with Crippen molar-refractivity contribution >= 4 is 5.97 Å². The SMILES string of the molecule is O=C(O)C1(CCC2CCCO2)CCOc2ccccc21. The van der Waals surface area contributed by atoms with E-state index in [1.165, 1.54) is 0 Å². The Labute approximate surface area is 118 Å². The topological polar surface area (TPSA) is 55.8 Å². The molecule has 0 spiro atoms. The summed E-state index contributed by atoms with van der Waals surface area (Å²) in [5.74, 6) is -0.0280. The van der Waals surface area contributed by atoms with Gasteiger partial charge in [0.2, 0.25) is 0 Å². The van der Waals surface area contributed by atoms with Crippen molar-refractivity contribution in [1.82, 2.24) is 0 Å². The number of para-hydroxylation sites is 1. The second kappa shape index (κ2) is 5.44. The van der Waals surface area contributed by atoms with Gasteiger partial charge < -0.3 is 14.6 Å². The number of fused-ring (bicyclic) bond motifs is 1. The number of aliphatic carboxylic acids is 1. The summed E-state index contributed by atoms with van der Waals surface area (Å²) >= 11 is 0. The third kappa shape index (κ3) is 2.29. The number of ether oxygens (including phenoxy) is 2. The zero-order valence-electron chi connectivity index (χ0n) is 11.5. The molecule has 0 amide bonds. The van der Waals surface area contributed by atoms with Gasteiger partial charge in [0.05, 0.1) is 18.1 Å². The van der Waals surface area contributed by atoms with Gasteiger partial charge in [-0.05, 0) is 31.7 Å². The minimum absolute atomic E-state index is 0.223. The molecule has 1 N–H and O–H groups in total. The average molecular weight is 276 g/mol. The maximum atomic E-state index is 11.9. The lowest BCUT2D eigenvalue weighted by Crippen LogP contribution is -2.41. The number of benzene rings is 1. The quantitative estimate of drug-likeness (QED) is 0.918. The Kier molecular flexibility index (Phi) is 3.66. The number of carboxylic acids is 1. The molecule has 2 aliphatic rings. The summed E-state index contributed by atoms with van der Waals surface area (Å²) in [4.78, 5) is 11.9. The van der Waals surface area contributed by atoms with Crippen molar-refractivity contribution in [1.29, 1.82) is 0 Å². The van der Waals surface area contributed by atoms with Crippen molar-refractivity contribution in [3.8, 4) is 5.75 Å². The van der Waals surface area contributed by atoms with E-state index in [1.807, 2.05) is 24.3 Å². The monoisotopic (exact) mass is 276 g/mol. The molecule has 20 heavy (non-hydrogen) atoms. The number of hydrogen-bond donors (Lipinski definition) is 1. The molecule has 1 aromatic carbocycles. The first-order valence-corrected chi connectivity index (χ1v) is 7.30. The summed E-state index contributed by atoms with van der Waals surface area (Å²) in [5.41, 5.74) is -0.00223. The van der Waals surface area contributed by atoms with Crippen molar-refractivity contribution in [3.05, 3.63) is 29.8 Å². The predicted molar refractivity (Wildman–Crippen MR) is 74.1 cm³/mol. The first-order valence-electron chi connectivity index (χ1n) is 7.30. The minimum Gasteiger partial charge on any atom is -0.493 e. The van der Waals surface area contributed by atoms with E-state index in [0.717, 1.165) is 31.4 Å². The van der Waals surface area contributed by atoms with Crippen molar-refractivity contribution in [2.24, 2.45) is 0 Å². The molecule has 1 aromatic rings. The molecule has 0 aliphatic carbocycles. The van der Waals surface area contributed by atoms with E-state index in [0.29, 0.717) is 25.2 Å². The zero-order chi connectivity index (χ0) is 14.0. The summed E-state index contributed by atoms with van der Waals surface area (Å²) in [6.45, 7) is 1.28. The second-order valence-corrected chi connectivity index (χ2v) is 5.66. The van der Waals surface area contributed by atoms with Crippen LogP contribution in [0.2, 0.25) is 0 Å². The van der Waals surface area contributed by atoms with Crippen LogP contribution in [0.15, 0.2) is 24.3 Å². The van der Waals surface area contributed by atoms with Gasteiger partial charge in [0.1, 0.15) is 5.75 Å². The Bertz CT molecular complexity index is 493. The molecule has 0 radical (unpaired) electrons. The Morgan fingerprint density at radius 1 is 1.35 bits per heavy atom. The molecule has 0 saturated carbocycles. The van der Waals surface area contributed by atoms with Crippen LogP contribution >= 0.6 is 0 Å². The van der Waals surface area contributed by atoms with Crippen LogP contribution in [0.4, 0.5) is 0 Å². The first-order chi connectivity index (χ1) is 9.72. The second-order valence-electron chi connectivity index (χ2n) is 5.66. The fraction of sp³-hybridized carbons (Fsp3) is 0.562. The highest BCUT2D eigenvalue weighted by Gasteiger charge is 2.44. The largest absolute Gasteiger partial charge is 0.493 e. The molecule has 0 aromatic heterocycles. The van der Waals surface area contributed by atoms with Crippen molar-refractivity contribution in [2.75, 3.05) is 13.2 Å². The van der Waals surface area contributed by atoms with E-state index in [4.69, 9.17) is 9.47 Å². The highest BCUT2D eigenvalue weighted by molar-refractivity contribution is 5.83. The number of rotatable bonds is 4. The molecule has 4 heteroatoms. The molecular weight excluding hydrogens is 256 g/mol. The summed E-state index contributed by atoms with van der Waals surface area (Å²) < 4.78 is 11.2. The summed E-state index contributed by atoms with van der Waals surface area (Å²) in [7, 11) is 0. The van der Waals surface area contributed by atoms with Crippen LogP contribution in [0.25, 0.3) is 0 Å². The molecule has 4 nitrogen and oxygen atoms in total. The zero-order valence-corrected chi connectivity index (χ0v) is 11.5. The third-order valence-electron chi connectivity index (χ3n) is 4.52. The Hall–Kier alpha value is -1.55. The standard InChI is InChI=1S/C16H20O4/c17-15(18)16(8-7-12-4-3-10-19-12)9-11-20-14-6-2-1-5-13(14)16/h1-2,5-6,12H,3-4,7-11H2,(H,17,18). The molecule has 2 atom stereocenters. The summed E-state index contributed by atoms with van der Waals surface area (Å²) in [6.07, 6.45) is 4.32. The predicted octanol–water partition coefficient (Wildman–Crippen LogP) is 2.75.